The summed E-state index contributed by atoms with van der Waals surface area (Å²) in [6.07, 6.45) is 13.8. The number of hydrogen-bond acceptors (Lipinski definition) is 3. The summed E-state index contributed by atoms with van der Waals surface area (Å²) in [5.74, 6) is -0.717. The molecule has 1 amide bonds. The van der Waals surface area contributed by atoms with Crippen molar-refractivity contribution in [2.75, 3.05) is 0 Å². The maximum absolute atomic E-state index is 13.9. The molecule has 230 valence electrons. The third kappa shape index (κ3) is 8.35. The number of halogens is 4. The fourth-order valence-corrected chi connectivity index (χ4v) is 5.66. The zero-order valence-corrected chi connectivity index (χ0v) is 25.0. The molecule has 1 saturated carbocycles. The van der Waals surface area contributed by atoms with Crippen molar-refractivity contribution in [3.05, 3.63) is 83.9 Å². The number of aromatic nitrogens is 2. The summed E-state index contributed by atoms with van der Waals surface area (Å²) < 4.78 is 60.9. The van der Waals surface area contributed by atoms with Crippen LogP contribution in [0.1, 0.15) is 103 Å². The second-order valence-electron chi connectivity index (χ2n) is 10.8. The Balaban J connectivity index is 0.00000155. The van der Waals surface area contributed by atoms with E-state index in [0.717, 1.165) is 43.1 Å². The molecule has 2 aliphatic rings. The number of ether oxygens (including phenoxy) is 1. The van der Waals surface area contributed by atoms with Gasteiger partial charge in [0.25, 0.3) is 0 Å². The van der Waals surface area contributed by atoms with Crippen LogP contribution in [-0.4, -0.2) is 32.7 Å². The predicted molar refractivity (Wildman–Crippen MR) is 157 cm³/mol. The lowest BCUT2D eigenvalue weighted by Crippen LogP contribution is -2.47. The van der Waals surface area contributed by atoms with Gasteiger partial charge in [0.2, 0.25) is 5.91 Å². The maximum atomic E-state index is 13.9. The fourth-order valence-electron chi connectivity index (χ4n) is 5.66. The Morgan fingerprint density at radius 1 is 1.14 bits per heavy atom. The first kappa shape index (κ1) is 33.1. The third-order valence-electron chi connectivity index (χ3n) is 7.63. The highest BCUT2D eigenvalue weighted by molar-refractivity contribution is 5.81. The van der Waals surface area contributed by atoms with Crippen LogP contribution in [0.25, 0.3) is 5.57 Å². The summed E-state index contributed by atoms with van der Waals surface area (Å²) in [5, 5.41) is 3.75. The smallest absolute Gasteiger partial charge is 0.333 e. The van der Waals surface area contributed by atoms with E-state index in [1.165, 1.54) is 24.5 Å². The zero-order chi connectivity index (χ0) is 30.8. The van der Waals surface area contributed by atoms with E-state index in [0.29, 0.717) is 41.5 Å². The van der Waals surface area contributed by atoms with Gasteiger partial charge in [-0.1, -0.05) is 32.9 Å². The number of carbonyl (C=O) groups is 1. The molecule has 2 unspecified atom stereocenters. The first-order valence-electron chi connectivity index (χ1n) is 14.9. The number of amides is 1. The highest BCUT2D eigenvalue weighted by atomic mass is 19.3. The van der Waals surface area contributed by atoms with Gasteiger partial charge in [-0.3, -0.25) is 4.79 Å². The van der Waals surface area contributed by atoms with E-state index in [2.05, 4.69) is 11.7 Å². The highest BCUT2D eigenvalue weighted by Crippen LogP contribution is 2.43. The van der Waals surface area contributed by atoms with E-state index >= 15 is 0 Å². The summed E-state index contributed by atoms with van der Waals surface area (Å²) in [7, 11) is 0. The quantitative estimate of drug-likeness (QED) is 0.114. The molecule has 4 rings (SSSR count). The minimum Gasteiger partial charge on any atom is -0.495 e. The van der Waals surface area contributed by atoms with E-state index in [1.54, 1.807) is 6.08 Å². The van der Waals surface area contributed by atoms with Crippen molar-refractivity contribution in [3.8, 4) is 0 Å². The lowest BCUT2D eigenvalue weighted by atomic mass is 9.80. The standard InChI is InChI=1S/C30H37F4N3O2.C3H6/c1-4-7-19(22-17-35-36(18-22)30(33)34)13-26(8-5-2)39-27-14-21(15-27)29(38)37-25(6-3)9-10-28(37)20-11-23(31)16-24(32)12-20;1-3-2/h7,11-13,16-18,21,25,27-28,30H,4-6,8-10,14-15H2,1-3H3;3H,1H2,2H3/b19-7+,26-13+;. The molecule has 1 aromatic heterocycles. The van der Waals surface area contributed by atoms with Gasteiger partial charge in [0, 0.05) is 36.2 Å². The summed E-state index contributed by atoms with van der Waals surface area (Å²) in [6.45, 7) is 8.58. The van der Waals surface area contributed by atoms with Gasteiger partial charge in [-0.25, -0.2) is 13.5 Å². The Morgan fingerprint density at radius 2 is 1.81 bits per heavy atom. The number of allylic oxidation sites excluding steroid dienone is 5. The van der Waals surface area contributed by atoms with Crippen molar-refractivity contribution >= 4 is 11.5 Å². The molecule has 1 saturated heterocycles. The third-order valence-corrected chi connectivity index (χ3v) is 7.63. The van der Waals surface area contributed by atoms with Crippen molar-refractivity contribution in [1.82, 2.24) is 14.7 Å². The lowest BCUT2D eigenvalue weighted by molar-refractivity contribution is -0.146. The first-order valence-corrected chi connectivity index (χ1v) is 14.9. The molecule has 0 N–H and O–H groups in total. The largest absolute Gasteiger partial charge is 0.495 e. The molecule has 0 spiro atoms. The van der Waals surface area contributed by atoms with Gasteiger partial charge in [0.1, 0.15) is 11.6 Å². The van der Waals surface area contributed by atoms with Gasteiger partial charge >= 0.3 is 6.55 Å². The van der Waals surface area contributed by atoms with Crippen LogP contribution >= 0.6 is 0 Å². The number of nitrogens with zero attached hydrogens (tertiary/aromatic N) is 3. The molecule has 42 heavy (non-hydrogen) atoms. The second kappa shape index (κ2) is 15.8. The van der Waals surface area contributed by atoms with E-state index in [4.69, 9.17) is 4.74 Å². The minimum absolute atomic E-state index is 0.0147. The maximum Gasteiger partial charge on any atom is 0.333 e. The second-order valence-corrected chi connectivity index (χ2v) is 10.8. The highest BCUT2D eigenvalue weighted by Gasteiger charge is 2.44. The number of carbonyl (C=O) groups excluding carboxylic acids is 1. The van der Waals surface area contributed by atoms with Crippen molar-refractivity contribution in [2.24, 2.45) is 5.92 Å². The van der Waals surface area contributed by atoms with Gasteiger partial charge in [-0.2, -0.15) is 13.9 Å². The van der Waals surface area contributed by atoms with Crippen molar-refractivity contribution in [3.63, 3.8) is 0 Å². The molecule has 0 bridgehead atoms. The molecular weight excluding hydrogens is 546 g/mol. The van der Waals surface area contributed by atoms with Gasteiger partial charge < -0.3 is 9.64 Å². The topological polar surface area (TPSA) is 47.4 Å². The predicted octanol–water partition coefficient (Wildman–Crippen LogP) is 9.16. The molecular formula is C33H43F4N3O2. The van der Waals surface area contributed by atoms with Gasteiger partial charge in [-0.15, -0.1) is 6.58 Å². The summed E-state index contributed by atoms with van der Waals surface area (Å²) >= 11 is 0. The molecule has 1 aliphatic heterocycles. The Kier molecular flexibility index (Phi) is 12.4. The van der Waals surface area contributed by atoms with Gasteiger partial charge in [-0.05, 0) is 81.2 Å². The average Bonchev–Trinajstić information content (AvgIpc) is 3.58. The van der Waals surface area contributed by atoms with Crippen molar-refractivity contribution in [1.29, 1.82) is 0 Å². The molecule has 1 aromatic carbocycles. The summed E-state index contributed by atoms with van der Waals surface area (Å²) in [5.41, 5.74) is 1.87. The van der Waals surface area contributed by atoms with Crippen LogP contribution in [0.4, 0.5) is 17.6 Å². The molecule has 5 nitrogen and oxygen atoms in total. The molecule has 2 heterocycles. The van der Waals surface area contributed by atoms with Crippen molar-refractivity contribution in [2.45, 2.75) is 104 Å². The minimum atomic E-state index is -2.70. The molecule has 2 atom stereocenters. The molecule has 2 aromatic rings. The van der Waals surface area contributed by atoms with Crippen molar-refractivity contribution < 1.29 is 27.1 Å². The SMILES string of the molecule is C=CC.CC/C=C(\C=C(/CCC)OC1CC(C(=O)N2C(CC)CCC2c2cc(F)cc(F)c2)C1)c1cnn(C(F)F)c1. The molecule has 2 fully saturated rings. The fraction of sp³-hybridized carbons (Fsp3) is 0.515. The first-order chi connectivity index (χ1) is 20.1. The van der Waals surface area contributed by atoms with E-state index in [9.17, 15) is 22.4 Å². The number of benzene rings is 1. The van der Waals surface area contributed by atoms with Crippen LogP contribution in [0.5, 0.6) is 0 Å². The molecule has 0 radical (unpaired) electrons. The van der Waals surface area contributed by atoms with Gasteiger partial charge in [0.15, 0.2) is 0 Å². The van der Waals surface area contributed by atoms with Crippen LogP contribution in [0.2, 0.25) is 0 Å². The van der Waals surface area contributed by atoms with E-state index < -0.39 is 18.2 Å². The lowest BCUT2D eigenvalue weighted by Gasteiger charge is -2.40. The summed E-state index contributed by atoms with van der Waals surface area (Å²) in [4.78, 5) is 15.4. The van der Waals surface area contributed by atoms with Crippen LogP contribution in [0.15, 0.2) is 61.2 Å². The Morgan fingerprint density at radius 3 is 2.36 bits per heavy atom. The van der Waals surface area contributed by atoms with E-state index in [1.807, 2.05) is 44.7 Å². The van der Waals surface area contributed by atoms with E-state index in [-0.39, 0.29) is 30.0 Å². The normalized spacial score (nSPS) is 22.5. The number of rotatable bonds is 11. The number of likely N-dealkylation sites (tertiary alicyclic amines) is 1. The van der Waals surface area contributed by atoms with Crippen LogP contribution in [0.3, 0.4) is 0 Å². The molecule has 1 aliphatic carbocycles. The van der Waals surface area contributed by atoms with Gasteiger partial charge in [0.05, 0.1) is 24.1 Å². The van der Waals surface area contributed by atoms with Crippen LogP contribution in [-0.2, 0) is 9.53 Å². The number of hydrogen-bond donors (Lipinski definition) is 0. The Hall–Kier alpha value is -3.36. The summed E-state index contributed by atoms with van der Waals surface area (Å²) in [6, 6.07) is 3.21. The zero-order valence-electron chi connectivity index (χ0n) is 25.0. The Labute approximate surface area is 246 Å². The average molecular weight is 590 g/mol. The molecule has 9 heteroatoms. The number of alkyl halides is 2. The Bertz CT molecular complexity index is 1230. The van der Waals surface area contributed by atoms with Crippen LogP contribution < -0.4 is 0 Å². The van der Waals surface area contributed by atoms with Crippen LogP contribution in [0, 0.1) is 17.6 Å². The monoisotopic (exact) mass is 589 g/mol.